The minimum atomic E-state index is 0.0528. The fourth-order valence-electron chi connectivity index (χ4n) is 3.24. The summed E-state index contributed by atoms with van der Waals surface area (Å²) in [4.78, 5) is 21.5. The second kappa shape index (κ2) is 9.05. The van der Waals surface area contributed by atoms with Crippen LogP contribution in [0.4, 0.5) is 0 Å². The van der Waals surface area contributed by atoms with Crippen molar-refractivity contribution in [2.24, 2.45) is 0 Å². The zero-order valence-corrected chi connectivity index (χ0v) is 17.3. The van der Waals surface area contributed by atoms with Gasteiger partial charge in [0, 0.05) is 36.8 Å². The smallest absolute Gasteiger partial charge is 0.272 e. The fraction of sp³-hybridized carbons (Fsp3) is 0.333. The highest BCUT2D eigenvalue weighted by Gasteiger charge is 2.17. The summed E-state index contributed by atoms with van der Waals surface area (Å²) in [5, 5.41) is 0.767. The summed E-state index contributed by atoms with van der Waals surface area (Å²) in [6, 6.07) is 12.2. The van der Waals surface area contributed by atoms with Gasteiger partial charge in [0.1, 0.15) is 4.70 Å². The first-order valence-corrected chi connectivity index (χ1v) is 11.2. The van der Waals surface area contributed by atoms with E-state index >= 15 is 0 Å². The van der Waals surface area contributed by atoms with Gasteiger partial charge >= 0.3 is 0 Å². The standard InChI is InChI=1S/C21H23N3O2S2/c1-2-14-27-21-22-17-15-18(16-6-4-3-5-7-16)28-19(17)20(25)24(21)9-8-23-10-12-26-13-11-23/h2-7,15H,1,8-14H2. The molecule has 1 aromatic carbocycles. The highest BCUT2D eigenvalue weighted by molar-refractivity contribution is 7.99. The van der Waals surface area contributed by atoms with Gasteiger partial charge in [-0.1, -0.05) is 48.2 Å². The maximum atomic E-state index is 13.3. The van der Waals surface area contributed by atoms with Crippen molar-refractivity contribution in [2.75, 3.05) is 38.6 Å². The van der Waals surface area contributed by atoms with E-state index in [0.29, 0.717) is 6.54 Å². The maximum Gasteiger partial charge on any atom is 0.272 e. The first kappa shape index (κ1) is 19.4. The lowest BCUT2D eigenvalue weighted by Crippen LogP contribution is -2.39. The Morgan fingerprint density at radius 3 is 2.75 bits per heavy atom. The third kappa shape index (κ3) is 4.22. The molecule has 1 fully saturated rings. The van der Waals surface area contributed by atoms with Gasteiger partial charge < -0.3 is 4.74 Å². The van der Waals surface area contributed by atoms with Gasteiger partial charge in [-0.05, 0) is 11.6 Å². The number of benzene rings is 1. The van der Waals surface area contributed by atoms with Gasteiger partial charge in [0.2, 0.25) is 0 Å². The van der Waals surface area contributed by atoms with Crippen molar-refractivity contribution >= 4 is 33.3 Å². The molecule has 7 heteroatoms. The molecule has 0 spiro atoms. The quantitative estimate of drug-likeness (QED) is 0.336. The molecule has 1 saturated heterocycles. The topological polar surface area (TPSA) is 47.4 Å². The van der Waals surface area contributed by atoms with E-state index < -0.39 is 0 Å². The third-order valence-electron chi connectivity index (χ3n) is 4.73. The molecule has 5 nitrogen and oxygen atoms in total. The van der Waals surface area contributed by atoms with Crippen LogP contribution in [0.3, 0.4) is 0 Å². The Bertz CT molecular complexity index is 1010. The zero-order chi connectivity index (χ0) is 19.3. The van der Waals surface area contributed by atoms with Crippen LogP contribution in [0.5, 0.6) is 0 Å². The van der Waals surface area contributed by atoms with Crippen LogP contribution < -0.4 is 5.56 Å². The highest BCUT2D eigenvalue weighted by atomic mass is 32.2. The molecule has 0 bridgehead atoms. The minimum absolute atomic E-state index is 0.0528. The van der Waals surface area contributed by atoms with Crippen molar-refractivity contribution in [1.82, 2.24) is 14.5 Å². The molecule has 1 aliphatic heterocycles. The molecule has 0 radical (unpaired) electrons. The van der Waals surface area contributed by atoms with Crippen LogP contribution in [-0.4, -0.2) is 53.1 Å². The molecular weight excluding hydrogens is 390 g/mol. The summed E-state index contributed by atoms with van der Waals surface area (Å²) >= 11 is 3.09. The Morgan fingerprint density at radius 1 is 1.21 bits per heavy atom. The fourth-order valence-corrected chi connectivity index (χ4v) is 5.05. The number of thiophene rings is 1. The second-order valence-electron chi connectivity index (χ2n) is 6.60. The summed E-state index contributed by atoms with van der Waals surface area (Å²) in [7, 11) is 0. The molecule has 4 rings (SSSR count). The number of nitrogens with zero attached hydrogens (tertiary/aromatic N) is 3. The van der Waals surface area contributed by atoms with E-state index in [-0.39, 0.29) is 5.56 Å². The van der Waals surface area contributed by atoms with Gasteiger partial charge in [-0.25, -0.2) is 4.98 Å². The van der Waals surface area contributed by atoms with Crippen LogP contribution in [0.25, 0.3) is 20.7 Å². The van der Waals surface area contributed by atoms with E-state index in [9.17, 15) is 4.79 Å². The Hall–Kier alpha value is -1.93. The molecule has 146 valence electrons. The number of hydrogen-bond acceptors (Lipinski definition) is 6. The van der Waals surface area contributed by atoms with Gasteiger partial charge in [-0.15, -0.1) is 17.9 Å². The lowest BCUT2D eigenvalue weighted by Gasteiger charge is -2.27. The number of ether oxygens (including phenoxy) is 1. The third-order valence-corrected chi connectivity index (χ3v) is 6.86. The van der Waals surface area contributed by atoms with Crippen molar-refractivity contribution in [3.63, 3.8) is 0 Å². The summed E-state index contributed by atoms with van der Waals surface area (Å²) < 4.78 is 7.98. The summed E-state index contributed by atoms with van der Waals surface area (Å²) in [6.45, 7) is 8.61. The van der Waals surface area contributed by atoms with Crippen molar-refractivity contribution in [3.8, 4) is 10.4 Å². The summed E-state index contributed by atoms with van der Waals surface area (Å²) in [5.41, 5.74) is 1.95. The molecule has 0 saturated carbocycles. The maximum absolute atomic E-state index is 13.3. The van der Waals surface area contributed by atoms with Crippen molar-refractivity contribution < 1.29 is 4.74 Å². The number of aromatic nitrogens is 2. The average molecular weight is 414 g/mol. The van der Waals surface area contributed by atoms with Crippen LogP contribution in [0.2, 0.25) is 0 Å². The zero-order valence-electron chi connectivity index (χ0n) is 15.7. The molecule has 3 aromatic rings. The van der Waals surface area contributed by atoms with E-state index in [1.54, 1.807) is 11.8 Å². The van der Waals surface area contributed by atoms with Crippen molar-refractivity contribution in [2.45, 2.75) is 11.7 Å². The van der Waals surface area contributed by atoms with Crippen LogP contribution in [0.1, 0.15) is 0 Å². The van der Waals surface area contributed by atoms with Crippen LogP contribution in [0.15, 0.2) is 59.0 Å². The summed E-state index contributed by atoms with van der Waals surface area (Å²) in [6.07, 6.45) is 1.84. The van der Waals surface area contributed by atoms with Gasteiger partial charge in [-0.2, -0.15) is 0 Å². The molecule has 1 aliphatic rings. The normalized spacial score (nSPS) is 15.1. The summed E-state index contributed by atoms with van der Waals surface area (Å²) in [5.74, 6) is 0.727. The van der Waals surface area contributed by atoms with Crippen molar-refractivity contribution in [3.05, 3.63) is 59.4 Å². The predicted molar refractivity (Wildman–Crippen MR) is 117 cm³/mol. The van der Waals surface area contributed by atoms with Crippen molar-refractivity contribution in [1.29, 1.82) is 0 Å². The first-order chi connectivity index (χ1) is 13.8. The van der Waals surface area contributed by atoms with Gasteiger partial charge in [0.15, 0.2) is 5.16 Å². The predicted octanol–water partition coefficient (Wildman–Crippen LogP) is 3.74. The van der Waals surface area contributed by atoms with E-state index in [1.165, 1.54) is 11.3 Å². The van der Waals surface area contributed by atoms with E-state index in [2.05, 4.69) is 23.6 Å². The molecule has 2 aromatic heterocycles. The number of fused-ring (bicyclic) bond motifs is 1. The van der Waals surface area contributed by atoms with E-state index in [1.807, 2.05) is 34.9 Å². The van der Waals surface area contributed by atoms with Crippen LogP contribution in [0, 0.1) is 0 Å². The lowest BCUT2D eigenvalue weighted by molar-refractivity contribution is 0.0359. The monoisotopic (exact) mass is 413 g/mol. The molecule has 28 heavy (non-hydrogen) atoms. The van der Waals surface area contributed by atoms with E-state index in [0.717, 1.165) is 64.4 Å². The SMILES string of the molecule is C=CCSc1nc2cc(-c3ccccc3)sc2c(=O)n1CCN1CCOCC1. The van der Waals surface area contributed by atoms with Gasteiger partial charge in [0.05, 0.1) is 18.7 Å². The van der Waals surface area contributed by atoms with Gasteiger partial charge in [-0.3, -0.25) is 14.3 Å². The van der Waals surface area contributed by atoms with Crippen LogP contribution >= 0.6 is 23.1 Å². The Kier molecular flexibility index (Phi) is 6.26. The average Bonchev–Trinajstić information content (AvgIpc) is 3.17. The lowest BCUT2D eigenvalue weighted by atomic mass is 10.2. The Morgan fingerprint density at radius 2 is 2.00 bits per heavy atom. The molecule has 3 heterocycles. The minimum Gasteiger partial charge on any atom is -0.379 e. The number of thioether (sulfide) groups is 1. The first-order valence-electron chi connectivity index (χ1n) is 9.40. The second-order valence-corrected chi connectivity index (χ2v) is 8.64. The molecular formula is C21H23N3O2S2. The molecule has 0 aliphatic carbocycles. The largest absolute Gasteiger partial charge is 0.379 e. The molecule has 0 N–H and O–H groups in total. The number of morpholine rings is 1. The van der Waals surface area contributed by atoms with Crippen LogP contribution in [-0.2, 0) is 11.3 Å². The molecule has 0 atom stereocenters. The Labute approximate surface area is 172 Å². The Balaban J connectivity index is 1.69. The van der Waals surface area contributed by atoms with E-state index in [4.69, 9.17) is 9.72 Å². The number of hydrogen-bond donors (Lipinski definition) is 0. The molecule has 0 unspecified atom stereocenters. The number of rotatable bonds is 7. The molecule has 0 amide bonds. The highest BCUT2D eigenvalue weighted by Crippen LogP contribution is 2.31. The van der Waals surface area contributed by atoms with Gasteiger partial charge in [0.25, 0.3) is 5.56 Å².